The van der Waals surface area contributed by atoms with Crippen LogP contribution in [0.25, 0.3) is 0 Å². The molecule has 2 N–H and O–H groups in total. The molecule has 0 fully saturated rings. The predicted octanol–water partition coefficient (Wildman–Crippen LogP) is 1.44. The minimum Gasteiger partial charge on any atom is -0.477 e. The van der Waals surface area contributed by atoms with E-state index in [0.29, 0.717) is 0 Å². The van der Waals surface area contributed by atoms with E-state index in [1.54, 1.807) is 0 Å². The summed E-state index contributed by atoms with van der Waals surface area (Å²) in [4.78, 5) is 27.0. The van der Waals surface area contributed by atoms with Crippen molar-refractivity contribution < 1.29 is 28.3 Å². The number of nitrogens with one attached hydrogen (secondary N) is 1. The fourth-order valence-corrected chi connectivity index (χ4v) is 1.60. The Morgan fingerprint density at radius 2 is 2.10 bits per heavy atom. The first-order valence-corrected chi connectivity index (χ1v) is 5.61. The number of carboxylic acid groups (broad SMARTS) is 1. The van der Waals surface area contributed by atoms with Gasteiger partial charge in [-0.3, -0.25) is 4.79 Å². The smallest absolute Gasteiger partial charge is 0.353 e. The lowest BCUT2D eigenvalue weighted by Crippen LogP contribution is -2.29. The molecule has 1 aliphatic rings. The SMILES string of the molecule is Cc1cc(F)c(NC(=O)C2CC(C(=O)O)=NO2)cc1F. The van der Waals surface area contributed by atoms with Gasteiger partial charge >= 0.3 is 5.97 Å². The number of carboxylic acids is 1. The first-order chi connectivity index (χ1) is 9.38. The molecule has 1 aromatic carbocycles. The highest BCUT2D eigenvalue weighted by molar-refractivity contribution is 6.36. The first-order valence-electron chi connectivity index (χ1n) is 5.61. The van der Waals surface area contributed by atoms with Crippen molar-refractivity contribution in [1.29, 1.82) is 0 Å². The Kier molecular flexibility index (Phi) is 3.64. The van der Waals surface area contributed by atoms with Crippen LogP contribution < -0.4 is 5.32 Å². The number of hydrogen-bond donors (Lipinski definition) is 2. The number of hydrogen-bond acceptors (Lipinski definition) is 4. The number of aryl methyl sites for hydroxylation is 1. The summed E-state index contributed by atoms with van der Waals surface area (Å²) in [6.45, 7) is 1.39. The van der Waals surface area contributed by atoms with E-state index in [-0.39, 0.29) is 23.4 Å². The second-order valence-corrected chi connectivity index (χ2v) is 4.21. The largest absolute Gasteiger partial charge is 0.477 e. The number of halogens is 2. The topological polar surface area (TPSA) is 88.0 Å². The maximum absolute atomic E-state index is 13.5. The number of carbonyl (C=O) groups is 2. The van der Waals surface area contributed by atoms with E-state index in [4.69, 9.17) is 5.11 Å². The van der Waals surface area contributed by atoms with Crippen molar-refractivity contribution >= 4 is 23.3 Å². The van der Waals surface area contributed by atoms with Crippen LogP contribution in [0.1, 0.15) is 12.0 Å². The van der Waals surface area contributed by atoms with Crippen LogP contribution in [-0.2, 0) is 14.4 Å². The lowest BCUT2D eigenvalue weighted by molar-refractivity contribution is -0.129. The van der Waals surface area contributed by atoms with E-state index in [0.717, 1.165) is 12.1 Å². The van der Waals surface area contributed by atoms with Crippen molar-refractivity contribution in [2.24, 2.45) is 5.16 Å². The Hall–Kier alpha value is -2.51. The van der Waals surface area contributed by atoms with Crippen molar-refractivity contribution in [3.63, 3.8) is 0 Å². The van der Waals surface area contributed by atoms with Gasteiger partial charge in [-0.05, 0) is 18.6 Å². The van der Waals surface area contributed by atoms with Gasteiger partial charge < -0.3 is 15.3 Å². The van der Waals surface area contributed by atoms with Gasteiger partial charge in [-0.2, -0.15) is 0 Å². The molecule has 1 heterocycles. The molecule has 1 aliphatic heterocycles. The highest BCUT2D eigenvalue weighted by atomic mass is 19.1. The molecular formula is C12H10F2N2O4. The van der Waals surface area contributed by atoms with Crippen LogP contribution in [0, 0.1) is 18.6 Å². The molecule has 0 aliphatic carbocycles. The van der Waals surface area contributed by atoms with Crippen LogP contribution in [0.3, 0.4) is 0 Å². The molecule has 0 aromatic heterocycles. The molecule has 1 aromatic rings. The number of benzene rings is 1. The molecule has 0 saturated carbocycles. The van der Waals surface area contributed by atoms with E-state index in [2.05, 4.69) is 15.3 Å². The van der Waals surface area contributed by atoms with E-state index in [9.17, 15) is 18.4 Å². The van der Waals surface area contributed by atoms with Crippen LogP contribution >= 0.6 is 0 Å². The van der Waals surface area contributed by atoms with Gasteiger partial charge in [0.1, 0.15) is 11.6 Å². The van der Waals surface area contributed by atoms with Crippen molar-refractivity contribution in [1.82, 2.24) is 0 Å². The molecule has 2 rings (SSSR count). The number of amides is 1. The quantitative estimate of drug-likeness (QED) is 0.879. The van der Waals surface area contributed by atoms with Gasteiger partial charge in [-0.1, -0.05) is 5.16 Å². The summed E-state index contributed by atoms with van der Waals surface area (Å²) in [5, 5.41) is 14.0. The van der Waals surface area contributed by atoms with Crippen molar-refractivity contribution in [2.75, 3.05) is 5.32 Å². The summed E-state index contributed by atoms with van der Waals surface area (Å²) >= 11 is 0. The number of carbonyl (C=O) groups excluding carboxylic acids is 1. The zero-order valence-electron chi connectivity index (χ0n) is 10.3. The fourth-order valence-electron chi connectivity index (χ4n) is 1.60. The second kappa shape index (κ2) is 5.24. The van der Waals surface area contributed by atoms with Crippen LogP contribution in [0.4, 0.5) is 14.5 Å². The Morgan fingerprint density at radius 1 is 1.40 bits per heavy atom. The number of oxime groups is 1. The van der Waals surface area contributed by atoms with E-state index in [1.807, 2.05) is 0 Å². The van der Waals surface area contributed by atoms with Crippen molar-refractivity contribution in [3.05, 3.63) is 29.3 Å². The van der Waals surface area contributed by atoms with Crippen LogP contribution in [0.2, 0.25) is 0 Å². The monoisotopic (exact) mass is 284 g/mol. The Bertz CT molecular complexity index is 616. The minimum absolute atomic E-state index is 0.106. The molecule has 106 valence electrons. The first kappa shape index (κ1) is 13.9. The number of anilines is 1. The molecule has 1 atom stereocenters. The lowest BCUT2D eigenvalue weighted by Gasteiger charge is -2.10. The summed E-state index contributed by atoms with van der Waals surface area (Å²) in [6, 6.07) is 1.79. The zero-order valence-corrected chi connectivity index (χ0v) is 10.3. The van der Waals surface area contributed by atoms with Gasteiger partial charge in [-0.15, -0.1) is 0 Å². The summed E-state index contributed by atoms with van der Waals surface area (Å²) < 4.78 is 26.8. The zero-order chi connectivity index (χ0) is 14.9. The Labute approximate surface area is 112 Å². The normalized spacial score (nSPS) is 17.4. The van der Waals surface area contributed by atoms with Gasteiger partial charge in [-0.25, -0.2) is 13.6 Å². The fraction of sp³-hybridized carbons (Fsp3) is 0.250. The number of nitrogens with zero attached hydrogens (tertiary/aromatic N) is 1. The number of rotatable bonds is 3. The van der Waals surface area contributed by atoms with Crippen molar-refractivity contribution in [3.8, 4) is 0 Å². The molecule has 8 heteroatoms. The van der Waals surface area contributed by atoms with E-state index >= 15 is 0 Å². The maximum atomic E-state index is 13.5. The molecule has 1 amide bonds. The van der Waals surface area contributed by atoms with Crippen LogP contribution in [0.5, 0.6) is 0 Å². The molecule has 0 spiro atoms. The molecular weight excluding hydrogens is 274 g/mol. The van der Waals surface area contributed by atoms with Gasteiger partial charge in [0, 0.05) is 12.5 Å². The second-order valence-electron chi connectivity index (χ2n) is 4.21. The highest BCUT2D eigenvalue weighted by Crippen LogP contribution is 2.20. The summed E-state index contributed by atoms with van der Waals surface area (Å²) in [5.74, 6) is -3.56. The summed E-state index contributed by atoms with van der Waals surface area (Å²) in [5.41, 5.74) is -0.541. The molecule has 0 bridgehead atoms. The van der Waals surface area contributed by atoms with Crippen molar-refractivity contribution in [2.45, 2.75) is 19.4 Å². The lowest BCUT2D eigenvalue weighted by atomic mass is 10.1. The van der Waals surface area contributed by atoms with E-state index < -0.39 is 29.6 Å². The molecule has 0 radical (unpaired) electrons. The third-order valence-electron chi connectivity index (χ3n) is 2.71. The molecule has 20 heavy (non-hydrogen) atoms. The molecule has 0 saturated heterocycles. The standard InChI is InChI=1S/C12H10F2N2O4/c1-5-2-7(14)8(3-6(5)13)15-11(17)10-4-9(12(18)19)16-20-10/h2-3,10H,4H2,1H3,(H,15,17)(H,18,19). The minimum atomic E-state index is -1.30. The predicted molar refractivity (Wildman–Crippen MR) is 64.3 cm³/mol. The third kappa shape index (κ3) is 2.73. The average molecular weight is 284 g/mol. The van der Waals surface area contributed by atoms with Gasteiger partial charge in [0.25, 0.3) is 5.91 Å². The summed E-state index contributed by atoms with van der Waals surface area (Å²) in [7, 11) is 0. The van der Waals surface area contributed by atoms with Gasteiger partial charge in [0.05, 0.1) is 5.69 Å². The van der Waals surface area contributed by atoms with Gasteiger partial charge in [0.15, 0.2) is 5.71 Å². The van der Waals surface area contributed by atoms with Crippen LogP contribution in [-0.4, -0.2) is 28.8 Å². The highest BCUT2D eigenvalue weighted by Gasteiger charge is 2.32. The Morgan fingerprint density at radius 3 is 2.70 bits per heavy atom. The maximum Gasteiger partial charge on any atom is 0.353 e. The third-order valence-corrected chi connectivity index (χ3v) is 2.71. The molecule has 6 nitrogen and oxygen atoms in total. The average Bonchev–Trinajstić information content (AvgIpc) is 2.85. The summed E-state index contributed by atoms with van der Waals surface area (Å²) in [6.07, 6.45) is -1.42. The number of aliphatic carboxylic acids is 1. The van der Waals surface area contributed by atoms with E-state index in [1.165, 1.54) is 6.92 Å². The Balaban J connectivity index is 2.07. The molecule has 1 unspecified atom stereocenters. The van der Waals surface area contributed by atoms with Crippen LogP contribution in [0.15, 0.2) is 17.3 Å². The van der Waals surface area contributed by atoms with Gasteiger partial charge in [0.2, 0.25) is 6.10 Å².